The van der Waals surface area contributed by atoms with Crippen LogP contribution in [-0.4, -0.2) is 5.97 Å². The van der Waals surface area contributed by atoms with Crippen molar-refractivity contribution in [2.75, 3.05) is 0 Å². The molecule has 0 amide bonds. The van der Waals surface area contributed by atoms with Gasteiger partial charge in [0.1, 0.15) is 0 Å². The van der Waals surface area contributed by atoms with Gasteiger partial charge in [-0.15, -0.1) is 0 Å². The fourth-order valence-electron chi connectivity index (χ4n) is 0.998. The first-order chi connectivity index (χ1) is 5.26. The summed E-state index contributed by atoms with van der Waals surface area (Å²) in [6.45, 7) is 4.11. The summed E-state index contributed by atoms with van der Waals surface area (Å²) in [5.41, 5.74) is 0. The second kappa shape index (κ2) is 6.68. The molecule has 0 saturated heterocycles. The zero-order chi connectivity index (χ0) is 8.69. The summed E-state index contributed by atoms with van der Waals surface area (Å²) in [5.74, 6) is -0.103. The predicted molar refractivity (Wildman–Crippen MR) is 39.4 cm³/mol. The van der Waals surface area contributed by atoms with Gasteiger partial charge in [-0.2, -0.15) is 0 Å². The molecule has 0 N–H and O–H groups in total. The molecule has 0 heterocycles. The molecule has 0 rings (SSSR count). The first-order valence-corrected chi connectivity index (χ1v) is 4.52. The van der Waals surface area contributed by atoms with Crippen LogP contribution < -0.4 is 0 Å². The van der Waals surface area contributed by atoms with Crippen LogP contribution in [0.25, 0.3) is 0 Å². The Hall–Kier alpha value is -0.0105. The van der Waals surface area contributed by atoms with E-state index in [1.54, 1.807) is 0 Å². The average Bonchev–Trinajstić information content (AvgIpc) is 2.05. The van der Waals surface area contributed by atoms with Crippen LogP contribution in [0.2, 0.25) is 0 Å². The molecule has 0 aliphatic carbocycles. The van der Waals surface area contributed by atoms with Crippen molar-refractivity contribution < 1.29 is 25.0 Å². The quantitative estimate of drug-likeness (QED) is 0.634. The summed E-state index contributed by atoms with van der Waals surface area (Å²) in [6, 6.07) is 0. The van der Waals surface area contributed by atoms with Crippen LogP contribution in [0.5, 0.6) is 0 Å². The molecule has 2 nitrogen and oxygen atoms in total. The summed E-state index contributed by atoms with van der Waals surface area (Å²) >= 11 is 3.11. The van der Waals surface area contributed by atoms with E-state index < -0.39 is 0 Å². The zero-order valence-corrected chi connectivity index (χ0v) is 8.18. The van der Waals surface area contributed by atoms with Crippen LogP contribution in [0, 0.1) is 5.92 Å². The van der Waals surface area contributed by atoms with Gasteiger partial charge in [-0.1, -0.05) is 0 Å². The molecule has 1 unspecified atom stereocenters. The number of carbonyl (C=O) groups excluding carboxylic acids is 1. The first-order valence-electron chi connectivity index (χ1n) is 4.07. The fraction of sp³-hybridized carbons (Fsp3) is 0.875. The van der Waals surface area contributed by atoms with Crippen LogP contribution in [-0.2, 0) is 25.0 Å². The summed E-state index contributed by atoms with van der Waals surface area (Å²) in [5, 5.41) is 0. The first kappa shape index (κ1) is 11.0. The van der Waals surface area contributed by atoms with Crippen molar-refractivity contribution in [1.82, 2.24) is 0 Å². The van der Waals surface area contributed by atoms with Gasteiger partial charge in [0, 0.05) is 0 Å². The standard InChI is InChI=1S/C8H16O2.Fe/c1-3-5-6-7(4-2)8(9)10;/h7H,3-6H2,1-2H3,(H,9,10);/q;+1/p-1. The Morgan fingerprint density at radius 1 is 1.55 bits per heavy atom. The Kier molecular flexibility index (Phi) is 6.68. The van der Waals surface area contributed by atoms with E-state index in [9.17, 15) is 4.79 Å². The maximum atomic E-state index is 11.0. The van der Waals surface area contributed by atoms with Crippen molar-refractivity contribution >= 4 is 5.97 Å². The topological polar surface area (TPSA) is 26.3 Å². The third-order valence-electron chi connectivity index (χ3n) is 1.80. The van der Waals surface area contributed by atoms with Crippen molar-refractivity contribution in [2.24, 2.45) is 5.92 Å². The van der Waals surface area contributed by atoms with Gasteiger partial charge in [-0.05, 0) is 0 Å². The molecule has 3 heteroatoms. The molecule has 67 valence electrons. The molecule has 0 aromatic heterocycles. The molecule has 0 bridgehead atoms. The van der Waals surface area contributed by atoms with E-state index in [0.717, 1.165) is 25.7 Å². The monoisotopic (exact) mass is 199 g/mol. The summed E-state index contributed by atoms with van der Waals surface area (Å²) in [7, 11) is 0. The van der Waals surface area contributed by atoms with Gasteiger partial charge in [0.05, 0.1) is 0 Å². The number of hydrogen-bond donors (Lipinski definition) is 0. The molecular formula is C8H15FeO2. The van der Waals surface area contributed by atoms with Gasteiger partial charge in [0.15, 0.2) is 0 Å². The second-order valence-corrected chi connectivity index (χ2v) is 2.86. The van der Waals surface area contributed by atoms with Gasteiger partial charge in [0.2, 0.25) is 0 Å². The second-order valence-electron chi connectivity index (χ2n) is 2.64. The number of unbranched alkanes of at least 4 members (excludes halogenated alkanes) is 1. The van der Waals surface area contributed by atoms with Gasteiger partial charge < -0.3 is 0 Å². The molecule has 0 radical (unpaired) electrons. The molecule has 0 aliphatic rings. The number of hydrogen-bond acceptors (Lipinski definition) is 2. The fourth-order valence-corrected chi connectivity index (χ4v) is 1.18. The van der Waals surface area contributed by atoms with Crippen molar-refractivity contribution in [3.8, 4) is 0 Å². The van der Waals surface area contributed by atoms with E-state index in [1.807, 2.05) is 6.92 Å². The number of carbonyl (C=O) groups is 1. The van der Waals surface area contributed by atoms with Gasteiger partial charge in [0.25, 0.3) is 0 Å². The van der Waals surface area contributed by atoms with Crippen molar-refractivity contribution in [2.45, 2.75) is 39.5 Å². The molecule has 0 fully saturated rings. The van der Waals surface area contributed by atoms with E-state index in [2.05, 4.69) is 27.1 Å². The Morgan fingerprint density at radius 3 is 2.55 bits per heavy atom. The average molecular weight is 199 g/mol. The van der Waals surface area contributed by atoms with Crippen molar-refractivity contribution in [3.05, 3.63) is 0 Å². The molecule has 11 heavy (non-hydrogen) atoms. The van der Waals surface area contributed by atoms with Crippen LogP contribution in [0.1, 0.15) is 39.5 Å². The van der Waals surface area contributed by atoms with Crippen molar-refractivity contribution in [3.63, 3.8) is 0 Å². The van der Waals surface area contributed by atoms with E-state index in [0.29, 0.717) is 0 Å². The Labute approximate surface area is 76.8 Å². The van der Waals surface area contributed by atoms with Crippen LogP contribution in [0.4, 0.5) is 0 Å². The molecular weight excluding hydrogens is 184 g/mol. The molecule has 0 spiro atoms. The van der Waals surface area contributed by atoms with E-state index in [1.165, 1.54) is 0 Å². The minimum atomic E-state index is -0.166. The van der Waals surface area contributed by atoms with Crippen LogP contribution in [0.3, 0.4) is 0 Å². The molecule has 0 aromatic rings. The molecule has 0 aromatic carbocycles. The van der Waals surface area contributed by atoms with Crippen LogP contribution in [0.15, 0.2) is 0 Å². The molecule has 1 atom stereocenters. The zero-order valence-electron chi connectivity index (χ0n) is 7.08. The third-order valence-corrected chi connectivity index (χ3v) is 2.03. The summed E-state index contributed by atoms with van der Waals surface area (Å²) in [4.78, 5) is 11.0. The van der Waals surface area contributed by atoms with Crippen LogP contribution >= 0.6 is 0 Å². The van der Waals surface area contributed by atoms with Gasteiger partial charge >= 0.3 is 76.4 Å². The van der Waals surface area contributed by atoms with E-state index >= 15 is 0 Å². The Morgan fingerprint density at radius 2 is 2.18 bits per heavy atom. The maximum absolute atomic E-state index is 11.0. The molecule has 0 saturated carbocycles. The Balaban J connectivity index is 3.65. The summed E-state index contributed by atoms with van der Waals surface area (Å²) in [6.07, 6.45) is 4.00. The molecule has 0 aliphatic heterocycles. The third kappa shape index (κ3) is 4.44. The van der Waals surface area contributed by atoms with E-state index in [4.69, 9.17) is 0 Å². The van der Waals surface area contributed by atoms with Crippen molar-refractivity contribution in [1.29, 1.82) is 0 Å². The van der Waals surface area contributed by atoms with Gasteiger partial charge in [-0.25, -0.2) is 0 Å². The SMILES string of the molecule is CCCCC(CC)C(=O)[O][Fe]. The minimum absolute atomic E-state index is 0.0625. The van der Waals surface area contributed by atoms with Gasteiger partial charge in [-0.3, -0.25) is 0 Å². The summed E-state index contributed by atoms with van der Waals surface area (Å²) < 4.78 is 4.41. The number of rotatable bonds is 5. The normalized spacial score (nSPS) is 12.6. The van der Waals surface area contributed by atoms with E-state index in [-0.39, 0.29) is 11.9 Å². The Bertz CT molecular complexity index is 115. The predicted octanol–water partition coefficient (Wildman–Crippen LogP) is 2.21.